The number of hydrogen-bond donors (Lipinski definition) is 0. The number of para-hydroxylation sites is 5. The number of hydrogen-bond acceptors (Lipinski definition) is 3. The summed E-state index contributed by atoms with van der Waals surface area (Å²) in [5.41, 5.74) is 15.3. The predicted molar refractivity (Wildman–Crippen MR) is 260 cm³/mol. The Morgan fingerprint density at radius 3 is 1.38 bits per heavy atom. The molecule has 63 heavy (non-hydrogen) atoms. The van der Waals surface area contributed by atoms with Crippen molar-refractivity contribution in [2.24, 2.45) is 0 Å². The van der Waals surface area contributed by atoms with E-state index in [1.807, 2.05) is 36.4 Å². The van der Waals surface area contributed by atoms with Gasteiger partial charge in [0.25, 0.3) is 0 Å². The molecule has 0 N–H and O–H groups in total. The van der Waals surface area contributed by atoms with Crippen molar-refractivity contribution in [2.75, 3.05) is 0 Å². The minimum atomic E-state index is 0.621. The van der Waals surface area contributed by atoms with Crippen molar-refractivity contribution in [3.63, 3.8) is 0 Å². The molecule has 13 rings (SSSR count). The standard InChI is InChI=1S/C58H36N4O/c1-5-17-37(18-6-1)48-36-49(38-19-7-2-8-20-38)60-58(59-48)46-29-16-28-44-43-27-15-26-42(56(43)63-57(44)46)39-31-32-51-47(35-39)55-53(62(51)41-23-11-4-12-24-41)34-33-52-54(55)45-25-13-14-30-50(45)61(52)40-21-9-3-10-22-40/h1-36H. The van der Waals surface area contributed by atoms with Gasteiger partial charge in [-0.1, -0.05) is 152 Å². The van der Waals surface area contributed by atoms with E-state index in [0.29, 0.717) is 5.82 Å². The quantitative estimate of drug-likeness (QED) is 0.168. The molecule has 0 fully saturated rings. The highest BCUT2D eigenvalue weighted by atomic mass is 16.3. The highest BCUT2D eigenvalue weighted by Gasteiger charge is 2.23. The van der Waals surface area contributed by atoms with Crippen molar-refractivity contribution in [1.82, 2.24) is 19.1 Å². The van der Waals surface area contributed by atoms with Gasteiger partial charge in [0.05, 0.1) is 39.0 Å². The largest absolute Gasteiger partial charge is 0.455 e. The molecule has 0 spiro atoms. The van der Waals surface area contributed by atoms with Crippen molar-refractivity contribution in [2.45, 2.75) is 0 Å². The highest BCUT2D eigenvalue weighted by molar-refractivity contribution is 6.29. The Morgan fingerprint density at radius 1 is 0.317 bits per heavy atom. The van der Waals surface area contributed by atoms with E-state index in [4.69, 9.17) is 14.4 Å². The Balaban J connectivity index is 1.06. The fourth-order valence-electron chi connectivity index (χ4n) is 9.75. The van der Waals surface area contributed by atoms with Crippen molar-refractivity contribution < 1.29 is 4.42 Å². The van der Waals surface area contributed by atoms with Crippen LogP contribution in [0.5, 0.6) is 0 Å². The van der Waals surface area contributed by atoms with E-state index in [0.717, 1.165) is 83.6 Å². The summed E-state index contributed by atoms with van der Waals surface area (Å²) >= 11 is 0. The summed E-state index contributed by atoms with van der Waals surface area (Å²) in [7, 11) is 0. The zero-order chi connectivity index (χ0) is 41.4. The van der Waals surface area contributed by atoms with Gasteiger partial charge in [-0.25, -0.2) is 9.97 Å². The number of aromatic nitrogens is 4. The zero-order valence-corrected chi connectivity index (χ0v) is 34.0. The smallest absolute Gasteiger partial charge is 0.164 e. The molecule has 0 radical (unpaired) electrons. The van der Waals surface area contributed by atoms with Gasteiger partial charge in [-0.15, -0.1) is 0 Å². The molecule has 0 amide bonds. The van der Waals surface area contributed by atoms with Gasteiger partial charge in [0, 0.05) is 60.4 Å². The van der Waals surface area contributed by atoms with Crippen LogP contribution < -0.4 is 0 Å². The maximum atomic E-state index is 7.08. The lowest BCUT2D eigenvalue weighted by Crippen LogP contribution is -1.96. The molecule has 0 aliphatic rings. The molecule has 0 unspecified atom stereocenters. The third-order valence-corrected chi connectivity index (χ3v) is 12.5. The van der Waals surface area contributed by atoms with Gasteiger partial charge in [0.2, 0.25) is 0 Å². The van der Waals surface area contributed by atoms with Crippen molar-refractivity contribution >= 4 is 65.6 Å². The van der Waals surface area contributed by atoms with E-state index in [2.05, 4.69) is 191 Å². The van der Waals surface area contributed by atoms with Gasteiger partial charge in [-0.3, -0.25) is 0 Å². The van der Waals surface area contributed by atoms with E-state index in [1.165, 1.54) is 32.6 Å². The molecule has 0 bridgehead atoms. The SMILES string of the molecule is c1ccc(-c2cc(-c3ccccc3)nc(-c3cccc4c3oc3c(-c5ccc6c(c5)c5c7c8ccccc8n(-c8ccccc8)c7ccc5n6-c5ccccc5)cccc34)n2)cc1. The van der Waals surface area contributed by atoms with E-state index < -0.39 is 0 Å². The van der Waals surface area contributed by atoms with E-state index in [-0.39, 0.29) is 0 Å². The Labute approximate surface area is 362 Å². The molecule has 0 saturated heterocycles. The number of furan rings is 1. The Kier molecular flexibility index (Phi) is 7.84. The molecular formula is C58H36N4O. The molecular weight excluding hydrogens is 769 g/mol. The van der Waals surface area contributed by atoms with Gasteiger partial charge >= 0.3 is 0 Å². The minimum Gasteiger partial charge on any atom is -0.455 e. The Bertz CT molecular complexity index is 3830. The third kappa shape index (κ3) is 5.50. The van der Waals surface area contributed by atoms with Crippen LogP contribution in [-0.2, 0) is 0 Å². The first-order valence-electron chi connectivity index (χ1n) is 21.3. The fraction of sp³-hybridized carbons (Fsp3) is 0. The van der Waals surface area contributed by atoms with Crippen LogP contribution in [0.3, 0.4) is 0 Å². The molecule has 294 valence electrons. The molecule has 4 aromatic heterocycles. The first-order valence-corrected chi connectivity index (χ1v) is 21.3. The summed E-state index contributed by atoms with van der Waals surface area (Å²) in [4.78, 5) is 10.4. The van der Waals surface area contributed by atoms with Crippen LogP contribution in [0.2, 0.25) is 0 Å². The summed E-state index contributed by atoms with van der Waals surface area (Å²) in [6.07, 6.45) is 0. The molecule has 9 aromatic carbocycles. The lowest BCUT2D eigenvalue weighted by molar-refractivity contribution is 0.670. The molecule has 13 aromatic rings. The first kappa shape index (κ1) is 35.2. The van der Waals surface area contributed by atoms with Gasteiger partial charge < -0.3 is 13.6 Å². The molecule has 0 aliphatic carbocycles. The Hall–Kier alpha value is -8.54. The number of benzene rings is 9. The third-order valence-electron chi connectivity index (χ3n) is 12.5. The van der Waals surface area contributed by atoms with Gasteiger partial charge in [0.1, 0.15) is 11.2 Å². The van der Waals surface area contributed by atoms with Crippen molar-refractivity contribution in [1.29, 1.82) is 0 Å². The number of rotatable bonds is 6. The highest BCUT2D eigenvalue weighted by Crippen LogP contribution is 2.45. The van der Waals surface area contributed by atoms with Crippen LogP contribution in [0, 0.1) is 0 Å². The summed E-state index contributed by atoms with van der Waals surface area (Å²) < 4.78 is 11.9. The number of nitrogens with zero attached hydrogens (tertiary/aromatic N) is 4. The Morgan fingerprint density at radius 2 is 0.778 bits per heavy atom. The van der Waals surface area contributed by atoms with Crippen molar-refractivity contribution in [3.05, 3.63) is 218 Å². The van der Waals surface area contributed by atoms with Crippen LogP contribution in [-0.4, -0.2) is 19.1 Å². The second kappa shape index (κ2) is 14.0. The maximum absolute atomic E-state index is 7.08. The minimum absolute atomic E-state index is 0.621. The summed E-state index contributed by atoms with van der Waals surface area (Å²) in [6.45, 7) is 0. The van der Waals surface area contributed by atoms with Crippen molar-refractivity contribution in [3.8, 4) is 56.4 Å². The predicted octanol–water partition coefficient (Wildman–Crippen LogP) is 15.2. The average molecular weight is 805 g/mol. The van der Waals surface area contributed by atoms with Crippen LogP contribution in [0.15, 0.2) is 223 Å². The van der Waals surface area contributed by atoms with Crippen LogP contribution in [0.25, 0.3) is 122 Å². The lowest BCUT2D eigenvalue weighted by Gasteiger charge is -2.09. The monoisotopic (exact) mass is 804 g/mol. The van der Waals surface area contributed by atoms with E-state index in [1.54, 1.807) is 0 Å². The second-order valence-corrected chi connectivity index (χ2v) is 16.1. The number of fused-ring (bicyclic) bond motifs is 10. The zero-order valence-electron chi connectivity index (χ0n) is 34.0. The average Bonchev–Trinajstić information content (AvgIpc) is 4.02. The maximum Gasteiger partial charge on any atom is 0.164 e. The molecule has 5 heteroatoms. The van der Waals surface area contributed by atoms with Crippen LogP contribution in [0.4, 0.5) is 0 Å². The topological polar surface area (TPSA) is 48.8 Å². The molecule has 0 saturated carbocycles. The van der Waals surface area contributed by atoms with E-state index in [9.17, 15) is 0 Å². The lowest BCUT2D eigenvalue weighted by atomic mass is 9.99. The van der Waals surface area contributed by atoms with E-state index >= 15 is 0 Å². The fourth-order valence-corrected chi connectivity index (χ4v) is 9.75. The summed E-state index contributed by atoms with van der Waals surface area (Å²) in [5.74, 6) is 0.621. The first-order chi connectivity index (χ1) is 31.3. The molecule has 4 heterocycles. The molecule has 5 nitrogen and oxygen atoms in total. The second-order valence-electron chi connectivity index (χ2n) is 16.1. The van der Waals surface area contributed by atoms with Gasteiger partial charge in [-0.2, -0.15) is 0 Å². The normalized spacial score (nSPS) is 11.8. The molecule has 0 aliphatic heterocycles. The van der Waals surface area contributed by atoms with Crippen LogP contribution >= 0.6 is 0 Å². The van der Waals surface area contributed by atoms with Gasteiger partial charge in [0.15, 0.2) is 5.82 Å². The van der Waals surface area contributed by atoms with Crippen LogP contribution in [0.1, 0.15) is 0 Å². The molecule has 0 atom stereocenters. The summed E-state index contributed by atoms with van der Waals surface area (Å²) in [6, 6.07) is 77.1. The van der Waals surface area contributed by atoms with Gasteiger partial charge in [-0.05, 0) is 72.3 Å². The summed E-state index contributed by atoms with van der Waals surface area (Å²) in [5, 5.41) is 6.94.